The summed E-state index contributed by atoms with van der Waals surface area (Å²) in [6.07, 6.45) is 11.0. The van der Waals surface area contributed by atoms with E-state index in [-0.39, 0.29) is 10.3 Å². The zero-order valence-electron chi connectivity index (χ0n) is 17.2. The molecule has 7 heteroatoms. The van der Waals surface area contributed by atoms with Gasteiger partial charge in [0.15, 0.2) is 5.96 Å². The predicted octanol–water partition coefficient (Wildman–Crippen LogP) is 2.10. The molecule has 0 radical (unpaired) electrons. The fraction of sp³-hybridized carbons (Fsp3) is 0.950. The van der Waals surface area contributed by atoms with Gasteiger partial charge in [-0.25, -0.2) is 0 Å². The Morgan fingerprint density at radius 2 is 1.56 bits per heavy atom. The summed E-state index contributed by atoms with van der Waals surface area (Å²) in [5.74, 6) is 0.938. The second-order valence-corrected chi connectivity index (χ2v) is 9.44. The molecule has 156 valence electrons. The molecule has 3 aliphatic rings. The molecule has 6 nitrogen and oxygen atoms in total. The first-order valence-electron chi connectivity index (χ1n) is 10.6. The van der Waals surface area contributed by atoms with E-state index < -0.39 is 0 Å². The highest BCUT2D eigenvalue weighted by molar-refractivity contribution is 8.00. The van der Waals surface area contributed by atoms with E-state index in [1.54, 1.807) is 0 Å². The van der Waals surface area contributed by atoms with Crippen molar-refractivity contribution in [3.05, 3.63) is 0 Å². The number of ether oxygens (including phenoxy) is 2. The molecule has 2 aliphatic heterocycles. The quantitative estimate of drug-likeness (QED) is 0.528. The van der Waals surface area contributed by atoms with Crippen LogP contribution in [0.15, 0.2) is 4.99 Å². The number of hydrogen-bond donors (Lipinski definition) is 2. The minimum Gasteiger partial charge on any atom is -0.381 e. The normalized spacial score (nSPS) is 26.5. The highest BCUT2D eigenvalue weighted by Crippen LogP contribution is 2.34. The van der Waals surface area contributed by atoms with Crippen LogP contribution in [0.25, 0.3) is 0 Å². The van der Waals surface area contributed by atoms with Gasteiger partial charge in [0, 0.05) is 56.7 Å². The average Bonchev–Trinajstić information content (AvgIpc) is 2.76. The molecule has 0 aromatic heterocycles. The average molecular weight is 399 g/mol. The van der Waals surface area contributed by atoms with Gasteiger partial charge in [-0.2, -0.15) is 11.8 Å². The van der Waals surface area contributed by atoms with E-state index in [1.165, 1.54) is 32.1 Å². The van der Waals surface area contributed by atoms with Crippen LogP contribution in [0, 0.1) is 0 Å². The summed E-state index contributed by atoms with van der Waals surface area (Å²) in [5.41, 5.74) is 0.259. The monoisotopic (exact) mass is 398 g/mol. The molecule has 1 saturated carbocycles. The molecule has 1 aliphatic carbocycles. The number of thioether (sulfide) groups is 1. The number of nitrogens with zero attached hydrogens (tertiary/aromatic N) is 2. The number of nitrogens with one attached hydrogen (secondary N) is 2. The molecular formula is C20H38N4O2S. The Bertz CT molecular complexity index is 471. The summed E-state index contributed by atoms with van der Waals surface area (Å²) < 4.78 is 11.4. The number of morpholine rings is 1. The molecule has 2 saturated heterocycles. The van der Waals surface area contributed by atoms with Crippen LogP contribution < -0.4 is 10.6 Å². The van der Waals surface area contributed by atoms with Gasteiger partial charge < -0.3 is 20.1 Å². The van der Waals surface area contributed by atoms with Gasteiger partial charge in [0.1, 0.15) is 0 Å². The van der Waals surface area contributed by atoms with Crippen molar-refractivity contribution in [3.63, 3.8) is 0 Å². The van der Waals surface area contributed by atoms with E-state index in [4.69, 9.17) is 9.47 Å². The van der Waals surface area contributed by atoms with Crippen molar-refractivity contribution in [1.29, 1.82) is 0 Å². The van der Waals surface area contributed by atoms with E-state index in [2.05, 4.69) is 26.8 Å². The number of rotatable bonds is 6. The van der Waals surface area contributed by atoms with Gasteiger partial charge in [-0.3, -0.25) is 9.89 Å². The Hall–Kier alpha value is -0.500. The molecule has 3 fully saturated rings. The highest BCUT2D eigenvalue weighted by atomic mass is 32.2. The van der Waals surface area contributed by atoms with E-state index in [0.29, 0.717) is 0 Å². The number of hydrogen-bond acceptors (Lipinski definition) is 5. The van der Waals surface area contributed by atoms with Gasteiger partial charge in [-0.05, 0) is 31.9 Å². The second kappa shape index (κ2) is 10.3. The standard InChI is InChI=1S/C20H38N4O2S/c1-21-18(23-17-20(27-2)8-12-25-13-9-20)22-16-19(6-4-3-5-7-19)24-10-14-26-15-11-24/h3-17H2,1-2H3,(H2,21,22,23). The van der Waals surface area contributed by atoms with Gasteiger partial charge >= 0.3 is 0 Å². The van der Waals surface area contributed by atoms with Crippen LogP contribution in [0.4, 0.5) is 0 Å². The van der Waals surface area contributed by atoms with Gasteiger partial charge in [-0.15, -0.1) is 0 Å². The van der Waals surface area contributed by atoms with Crippen molar-refractivity contribution in [2.24, 2.45) is 4.99 Å². The maximum atomic E-state index is 5.60. The van der Waals surface area contributed by atoms with E-state index in [1.807, 2.05) is 18.8 Å². The van der Waals surface area contributed by atoms with Gasteiger partial charge in [-0.1, -0.05) is 19.3 Å². The first-order chi connectivity index (χ1) is 13.2. The Morgan fingerprint density at radius 3 is 2.19 bits per heavy atom. The summed E-state index contributed by atoms with van der Waals surface area (Å²) in [7, 11) is 1.88. The van der Waals surface area contributed by atoms with Crippen molar-refractivity contribution >= 4 is 17.7 Å². The van der Waals surface area contributed by atoms with Crippen LogP contribution in [0.5, 0.6) is 0 Å². The molecule has 0 bridgehead atoms. The smallest absolute Gasteiger partial charge is 0.191 e. The predicted molar refractivity (Wildman–Crippen MR) is 114 cm³/mol. The van der Waals surface area contributed by atoms with Gasteiger partial charge in [0.25, 0.3) is 0 Å². The minimum atomic E-state index is 0.259. The van der Waals surface area contributed by atoms with E-state index in [0.717, 1.165) is 71.4 Å². The maximum Gasteiger partial charge on any atom is 0.191 e. The van der Waals surface area contributed by atoms with Crippen LogP contribution in [-0.2, 0) is 9.47 Å². The Balaban J connectivity index is 1.56. The van der Waals surface area contributed by atoms with Crippen LogP contribution in [0.1, 0.15) is 44.9 Å². The molecule has 0 spiro atoms. The third-order valence-electron chi connectivity index (χ3n) is 6.69. The summed E-state index contributed by atoms with van der Waals surface area (Å²) >= 11 is 1.97. The summed E-state index contributed by atoms with van der Waals surface area (Å²) in [6, 6.07) is 0. The lowest BCUT2D eigenvalue weighted by molar-refractivity contribution is -0.0352. The Kier molecular flexibility index (Phi) is 8.11. The summed E-state index contributed by atoms with van der Waals surface area (Å²) in [6.45, 7) is 7.51. The Morgan fingerprint density at radius 1 is 0.926 bits per heavy atom. The maximum absolute atomic E-state index is 5.60. The molecule has 2 N–H and O–H groups in total. The molecule has 0 aromatic carbocycles. The largest absolute Gasteiger partial charge is 0.381 e. The SMILES string of the molecule is CN=C(NCC1(SC)CCOCC1)NCC1(N2CCOCC2)CCCCC1. The molecule has 0 aromatic rings. The zero-order chi connectivity index (χ0) is 19.0. The lowest BCUT2D eigenvalue weighted by Gasteiger charge is -2.48. The summed E-state index contributed by atoms with van der Waals surface area (Å²) in [4.78, 5) is 7.19. The second-order valence-electron chi connectivity index (χ2n) is 8.16. The third kappa shape index (κ3) is 5.52. The fourth-order valence-corrected chi connectivity index (χ4v) is 5.55. The van der Waals surface area contributed by atoms with Crippen molar-refractivity contribution in [2.75, 3.05) is 65.9 Å². The highest BCUT2D eigenvalue weighted by Gasteiger charge is 2.39. The zero-order valence-corrected chi connectivity index (χ0v) is 18.0. The molecule has 27 heavy (non-hydrogen) atoms. The number of aliphatic imine (C=N–C) groups is 1. The lowest BCUT2D eigenvalue weighted by atomic mass is 9.80. The van der Waals surface area contributed by atoms with Crippen molar-refractivity contribution in [3.8, 4) is 0 Å². The first-order valence-corrected chi connectivity index (χ1v) is 11.8. The van der Waals surface area contributed by atoms with Crippen LogP contribution in [-0.4, -0.2) is 87.1 Å². The molecule has 0 atom stereocenters. The van der Waals surface area contributed by atoms with Crippen LogP contribution >= 0.6 is 11.8 Å². The topological polar surface area (TPSA) is 58.1 Å². The van der Waals surface area contributed by atoms with Crippen molar-refractivity contribution in [2.45, 2.75) is 55.2 Å². The van der Waals surface area contributed by atoms with E-state index >= 15 is 0 Å². The van der Waals surface area contributed by atoms with Gasteiger partial charge in [0.05, 0.1) is 13.2 Å². The lowest BCUT2D eigenvalue weighted by Crippen LogP contribution is -2.61. The van der Waals surface area contributed by atoms with Crippen LogP contribution in [0.3, 0.4) is 0 Å². The van der Waals surface area contributed by atoms with E-state index in [9.17, 15) is 0 Å². The molecule has 2 heterocycles. The minimum absolute atomic E-state index is 0.259. The Labute approximate surface area is 169 Å². The van der Waals surface area contributed by atoms with Crippen molar-refractivity contribution < 1.29 is 9.47 Å². The van der Waals surface area contributed by atoms with Gasteiger partial charge in [0.2, 0.25) is 0 Å². The first kappa shape index (κ1) is 21.2. The number of guanidine groups is 1. The molecular weight excluding hydrogens is 360 g/mol. The third-order valence-corrected chi connectivity index (χ3v) is 8.11. The summed E-state index contributed by atoms with van der Waals surface area (Å²) in [5, 5.41) is 7.28. The van der Waals surface area contributed by atoms with Crippen LogP contribution in [0.2, 0.25) is 0 Å². The molecule has 0 unspecified atom stereocenters. The fourth-order valence-electron chi connectivity index (χ4n) is 4.76. The van der Waals surface area contributed by atoms with Crippen molar-refractivity contribution in [1.82, 2.24) is 15.5 Å². The molecule has 3 rings (SSSR count). The molecule has 0 amide bonds.